The molecule has 2 N–H and O–H groups in total. The molecule has 1 rings (SSSR count). The fraction of sp³-hybridized carbons (Fsp3) is 0.889. The highest BCUT2D eigenvalue weighted by molar-refractivity contribution is 5.81. The molecule has 1 saturated heterocycles. The molecule has 1 amide bonds. The van der Waals surface area contributed by atoms with E-state index in [4.69, 9.17) is 5.73 Å². The fourth-order valence-corrected chi connectivity index (χ4v) is 1.81. The van der Waals surface area contributed by atoms with Gasteiger partial charge >= 0.3 is 0 Å². The number of carbonyl (C=O) groups is 1. The van der Waals surface area contributed by atoms with Crippen LogP contribution in [0.4, 0.5) is 0 Å². The van der Waals surface area contributed by atoms with E-state index in [2.05, 4.69) is 6.92 Å². The zero-order valence-corrected chi connectivity index (χ0v) is 7.92. The zero-order chi connectivity index (χ0) is 9.14. The molecule has 0 bridgehead atoms. The van der Waals surface area contributed by atoms with Crippen LogP contribution in [0.5, 0.6) is 0 Å². The number of rotatable bonds is 2. The maximum atomic E-state index is 11.5. The Morgan fingerprint density at radius 2 is 2.42 bits per heavy atom. The number of nitrogens with zero attached hydrogens (tertiary/aromatic N) is 1. The van der Waals surface area contributed by atoms with E-state index in [1.165, 1.54) is 0 Å². The third kappa shape index (κ3) is 1.78. The second-order valence-electron chi connectivity index (χ2n) is 3.52. The summed E-state index contributed by atoms with van der Waals surface area (Å²) in [6.07, 6.45) is 3.34. The van der Waals surface area contributed by atoms with E-state index in [1.807, 2.05) is 4.90 Å². The van der Waals surface area contributed by atoms with Crippen molar-refractivity contribution in [1.29, 1.82) is 0 Å². The summed E-state index contributed by atoms with van der Waals surface area (Å²) in [5.74, 6) is 0.111. The number of carbonyl (C=O) groups excluding carboxylic acids is 1. The van der Waals surface area contributed by atoms with Gasteiger partial charge in [0.15, 0.2) is 0 Å². The van der Waals surface area contributed by atoms with E-state index in [1.54, 1.807) is 6.92 Å². The third-order valence-corrected chi connectivity index (χ3v) is 2.52. The quantitative estimate of drug-likeness (QED) is 0.664. The smallest absolute Gasteiger partial charge is 0.239 e. The van der Waals surface area contributed by atoms with Gasteiger partial charge in [0.2, 0.25) is 5.91 Å². The van der Waals surface area contributed by atoms with Gasteiger partial charge in [0.25, 0.3) is 0 Å². The normalized spacial score (nSPS) is 25.9. The van der Waals surface area contributed by atoms with Crippen LogP contribution >= 0.6 is 0 Å². The first-order valence-corrected chi connectivity index (χ1v) is 4.73. The molecule has 0 radical (unpaired) electrons. The molecule has 0 saturated carbocycles. The van der Waals surface area contributed by atoms with Crippen molar-refractivity contribution in [1.82, 2.24) is 4.90 Å². The summed E-state index contributed by atoms with van der Waals surface area (Å²) in [5, 5.41) is 0. The van der Waals surface area contributed by atoms with Crippen LogP contribution in [-0.2, 0) is 4.79 Å². The molecule has 70 valence electrons. The Balaban J connectivity index is 2.55. The van der Waals surface area contributed by atoms with Crippen LogP contribution in [0, 0.1) is 0 Å². The minimum absolute atomic E-state index is 0.111. The molecule has 0 aromatic carbocycles. The molecule has 2 atom stereocenters. The highest BCUT2D eigenvalue weighted by atomic mass is 16.2. The lowest BCUT2D eigenvalue weighted by Gasteiger charge is -2.25. The molecule has 0 aromatic rings. The largest absolute Gasteiger partial charge is 0.338 e. The topological polar surface area (TPSA) is 46.3 Å². The molecule has 3 heteroatoms. The van der Waals surface area contributed by atoms with E-state index in [0.29, 0.717) is 6.04 Å². The molecule has 0 aliphatic carbocycles. The van der Waals surface area contributed by atoms with Gasteiger partial charge in [-0.3, -0.25) is 4.79 Å². The van der Waals surface area contributed by atoms with E-state index in [-0.39, 0.29) is 11.9 Å². The molecular formula is C9H18N2O. The maximum absolute atomic E-state index is 11.5. The molecule has 1 aliphatic rings. The van der Waals surface area contributed by atoms with Crippen LogP contribution in [-0.4, -0.2) is 29.4 Å². The predicted molar refractivity (Wildman–Crippen MR) is 48.7 cm³/mol. The summed E-state index contributed by atoms with van der Waals surface area (Å²) in [6, 6.07) is 0.112. The number of hydrogen-bond donors (Lipinski definition) is 1. The molecule has 1 unspecified atom stereocenters. The average Bonchev–Trinajstić information content (AvgIpc) is 2.49. The number of nitrogens with two attached hydrogens (primary N) is 1. The van der Waals surface area contributed by atoms with Crippen molar-refractivity contribution in [3.8, 4) is 0 Å². The number of likely N-dealkylation sites (tertiary alicyclic amines) is 1. The molecule has 0 spiro atoms. The molecular weight excluding hydrogens is 152 g/mol. The van der Waals surface area contributed by atoms with E-state index < -0.39 is 0 Å². The van der Waals surface area contributed by atoms with E-state index in [0.717, 1.165) is 25.8 Å². The van der Waals surface area contributed by atoms with Crippen molar-refractivity contribution in [2.45, 2.75) is 45.2 Å². The molecule has 1 heterocycles. The number of amides is 1. The van der Waals surface area contributed by atoms with Crippen molar-refractivity contribution >= 4 is 5.91 Å². The molecule has 3 nitrogen and oxygen atoms in total. The Morgan fingerprint density at radius 1 is 1.75 bits per heavy atom. The van der Waals surface area contributed by atoms with Gasteiger partial charge in [-0.1, -0.05) is 6.92 Å². The van der Waals surface area contributed by atoms with Crippen molar-refractivity contribution < 1.29 is 4.79 Å². The minimum Gasteiger partial charge on any atom is -0.338 e. The van der Waals surface area contributed by atoms with Gasteiger partial charge in [-0.05, 0) is 26.2 Å². The van der Waals surface area contributed by atoms with Gasteiger partial charge in [0, 0.05) is 12.6 Å². The Morgan fingerprint density at radius 3 is 2.92 bits per heavy atom. The summed E-state index contributed by atoms with van der Waals surface area (Å²) >= 11 is 0. The minimum atomic E-state index is -0.336. The Bertz CT molecular complexity index is 168. The van der Waals surface area contributed by atoms with Gasteiger partial charge < -0.3 is 10.6 Å². The van der Waals surface area contributed by atoms with Crippen LogP contribution in [0.25, 0.3) is 0 Å². The first-order valence-electron chi connectivity index (χ1n) is 4.73. The summed E-state index contributed by atoms with van der Waals surface area (Å²) < 4.78 is 0. The number of hydrogen-bond acceptors (Lipinski definition) is 2. The first kappa shape index (κ1) is 9.52. The van der Waals surface area contributed by atoms with Crippen molar-refractivity contribution in [2.24, 2.45) is 5.73 Å². The summed E-state index contributed by atoms with van der Waals surface area (Å²) in [7, 11) is 0. The third-order valence-electron chi connectivity index (χ3n) is 2.52. The maximum Gasteiger partial charge on any atom is 0.239 e. The van der Waals surface area contributed by atoms with Crippen LogP contribution in [0.3, 0.4) is 0 Å². The first-order chi connectivity index (χ1) is 5.66. The second-order valence-corrected chi connectivity index (χ2v) is 3.52. The zero-order valence-electron chi connectivity index (χ0n) is 7.92. The lowest BCUT2D eigenvalue weighted by molar-refractivity contribution is -0.133. The predicted octanol–water partition coefficient (Wildman–Crippen LogP) is 0.735. The van der Waals surface area contributed by atoms with E-state index >= 15 is 0 Å². The van der Waals surface area contributed by atoms with Gasteiger partial charge in [-0.25, -0.2) is 0 Å². The van der Waals surface area contributed by atoms with Crippen LogP contribution in [0.15, 0.2) is 0 Å². The van der Waals surface area contributed by atoms with Gasteiger partial charge in [-0.15, -0.1) is 0 Å². The standard InChI is InChI=1S/C9H18N2O/c1-3-8-5-4-6-11(8)9(12)7(2)10/h7-8H,3-6,10H2,1-2H3/t7-,8?/m0/s1. The van der Waals surface area contributed by atoms with Crippen LogP contribution in [0.2, 0.25) is 0 Å². The van der Waals surface area contributed by atoms with E-state index in [9.17, 15) is 4.79 Å². The Hall–Kier alpha value is -0.570. The average molecular weight is 170 g/mol. The highest BCUT2D eigenvalue weighted by Crippen LogP contribution is 2.20. The Kier molecular flexibility index (Phi) is 3.09. The monoisotopic (exact) mass is 170 g/mol. The van der Waals surface area contributed by atoms with Crippen LogP contribution < -0.4 is 5.73 Å². The highest BCUT2D eigenvalue weighted by Gasteiger charge is 2.28. The van der Waals surface area contributed by atoms with Gasteiger partial charge in [0.1, 0.15) is 0 Å². The second kappa shape index (κ2) is 3.90. The summed E-state index contributed by atoms with van der Waals surface area (Å²) in [6.45, 7) is 4.78. The molecule has 12 heavy (non-hydrogen) atoms. The Labute approximate surface area is 73.9 Å². The lowest BCUT2D eigenvalue weighted by atomic mass is 10.1. The molecule has 0 aromatic heterocycles. The summed E-state index contributed by atoms with van der Waals surface area (Å²) in [5.41, 5.74) is 5.54. The van der Waals surface area contributed by atoms with Crippen molar-refractivity contribution in [3.63, 3.8) is 0 Å². The van der Waals surface area contributed by atoms with Crippen LogP contribution in [0.1, 0.15) is 33.1 Å². The fourth-order valence-electron chi connectivity index (χ4n) is 1.81. The van der Waals surface area contributed by atoms with Gasteiger partial charge in [0.05, 0.1) is 6.04 Å². The van der Waals surface area contributed by atoms with Gasteiger partial charge in [-0.2, -0.15) is 0 Å². The summed E-state index contributed by atoms with van der Waals surface area (Å²) in [4.78, 5) is 13.5. The molecule has 1 aliphatic heterocycles. The van der Waals surface area contributed by atoms with Crippen molar-refractivity contribution in [2.75, 3.05) is 6.54 Å². The van der Waals surface area contributed by atoms with Crippen molar-refractivity contribution in [3.05, 3.63) is 0 Å². The molecule has 1 fully saturated rings. The SMILES string of the molecule is CCC1CCCN1C(=O)[C@H](C)N. The lowest BCUT2D eigenvalue weighted by Crippen LogP contribution is -2.44.